The van der Waals surface area contributed by atoms with Gasteiger partial charge in [-0.2, -0.15) is 5.26 Å². The molecule has 0 bridgehead atoms. The molecule has 1 aromatic rings. The van der Waals surface area contributed by atoms with Crippen LogP contribution in [0.5, 0.6) is 5.75 Å². The van der Waals surface area contributed by atoms with Crippen molar-refractivity contribution >= 4 is 0 Å². The molecule has 1 N–H and O–H groups in total. The molecule has 0 saturated heterocycles. The number of rotatable bonds is 5. The lowest BCUT2D eigenvalue weighted by Crippen LogP contribution is -2.15. The van der Waals surface area contributed by atoms with Crippen LogP contribution in [0.3, 0.4) is 0 Å². The molecule has 0 unspecified atom stereocenters. The first-order chi connectivity index (χ1) is 7.67. The minimum Gasteiger partial charge on any atom is -0.495 e. The van der Waals surface area contributed by atoms with Crippen LogP contribution >= 0.6 is 0 Å². The van der Waals surface area contributed by atoms with E-state index in [4.69, 9.17) is 10.00 Å². The lowest BCUT2D eigenvalue weighted by Gasteiger charge is -2.07. The molecule has 1 aromatic carbocycles. The number of hydrogen-bond acceptors (Lipinski definition) is 3. The van der Waals surface area contributed by atoms with Gasteiger partial charge in [-0.05, 0) is 24.6 Å². The van der Waals surface area contributed by atoms with E-state index in [0.29, 0.717) is 11.3 Å². The second-order valence-corrected chi connectivity index (χ2v) is 3.71. The molecule has 0 aliphatic carbocycles. The lowest BCUT2D eigenvalue weighted by atomic mass is 10.1. The van der Waals surface area contributed by atoms with Gasteiger partial charge < -0.3 is 10.1 Å². The van der Waals surface area contributed by atoms with Crippen LogP contribution in [-0.4, -0.2) is 13.7 Å². The van der Waals surface area contributed by atoms with E-state index in [0.717, 1.165) is 24.2 Å². The standard InChI is InChI=1S/C13H16N2O/c1-10(2)8-15-9-11-4-5-13(16-3)12(6-11)7-14/h4-6,15H,1,8-9H2,2-3H3. The average Bonchev–Trinajstić information content (AvgIpc) is 2.28. The quantitative estimate of drug-likeness (QED) is 0.768. The van der Waals surface area contributed by atoms with Gasteiger partial charge in [-0.1, -0.05) is 18.2 Å². The summed E-state index contributed by atoms with van der Waals surface area (Å²) in [6.07, 6.45) is 0. The van der Waals surface area contributed by atoms with Crippen molar-refractivity contribution in [2.24, 2.45) is 0 Å². The van der Waals surface area contributed by atoms with E-state index >= 15 is 0 Å². The molecule has 16 heavy (non-hydrogen) atoms. The van der Waals surface area contributed by atoms with Gasteiger partial charge in [0.05, 0.1) is 12.7 Å². The molecule has 0 radical (unpaired) electrons. The van der Waals surface area contributed by atoms with Crippen LogP contribution in [0, 0.1) is 11.3 Å². The third-order valence-electron chi connectivity index (χ3n) is 2.14. The van der Waals surface area contributed by atoms with Crippen LogP contribution in [0.25, 0.3) is 0 Å². The van der Waals surface area contributed by atoms with Crippen molar-refractivity contribution in [2.75, 3.05) is 13.7 Å². The van der Waals surface area contributed by atoms with Gasteiger partial charge in [-0.3, -0.25) is 0 Å². The Morgan fingerprint density at radius 2 is 2.31 bits per heavy atom. The molecule has 0 heterocycles. The fourth-order valence-corrected chi connectivity index (χ4v) is 1.37. The Bertz CT molecular complexity index is 418. The van der Waals surface area contributed by atoms with Gasteiger partial charge in [0.25, 0.3) is 0 Å². The molecule has 84 valence electrons. The van der Waals surface area contributed by atoms with Gasteiger partial charge in [-0.25, -0.2) is 0 Å². The first-order valence-electron chi connectivity index (χ1n) is 5.09. The number of methoxy groups -OCH3 is 1. The Morgan fingerprint density at radius 1 is 1.56 bits per heavy atom. The minimum absolute atomic E-state index is 0.567. The van der Waals surface area contributed by atoms with Crippen LogP contribution in [-0.2, 0) is 6.54 Å². The molecule has 0 aliphatic heterocycles. The monoisotopic (exact) mass is 216 g/mol. The minimum atomic E-state index is 0.567. The van der Waals surface area contributed by atoms with Gasteiger partial charge in [0.2, 0.25) is 0 Å². The van der Waals surface area contributed by atoms with Crippen molar-refractivity contribution in [1.82, 2.24) is 5.32 Å². The molecule has 0 amide bonds. The van der Waals surface area contributed by atoms with Gasteiger partial charge >= 0.3 is 0 Å². The van der Waals surface area contributed by atoms with Crippen LogP contribution in [0.1, 0.15) is 18.1 Å². The van der Waals surface area contributed by atoms with E-state index in [1.807, 2.05) is 25.1 Å². The van der Waals surface area contributed by atoms with E-state index < -0.39 is 0 Å². The number of nitrogens with one attached hydrogen (secondary N) is 1. The highest BCUT2D eigenvalue weighted by atomic mass is 16.5. The smallest absolute Gasteiger partial charge is 0.136 e. The van der Waals surface area contributed by atoms with E-state index in [1.165, 1.54) is 0 Å². The number of hydrogen-bond donors (Lipinski definition) is 1. The summed E-state index contributed by atoms with van der Waals surface area (Å²) in [6, 6.07) is 7.72. The Hall–Kier alpha value is -1.79. The number of ether oxygens (including phenoxy) is 1. The summed E-state index contributed by atoms with van der Waals surface area (Å²) in [4.78, 5) is 0. The second-order valence-electron chi connectivity index (χ2n) is 3.71. The molecule has 0 aliphatic rings. The first kappa shape index (κ1) is 12.3. The maximum Gasteiger partial charge on any atom is 0.136 e. The van der Waals surface area contributed by atoms with Gasteiger partial charge in [0.15, 0.2) is 0 Å². The summed E-state index contributed by atoms with van der Waals surface area (Å²) in [5.74, 6) is 0.617. The Balaban J connectivity index is 2.69. The van der Waals surface area contributed by atoms with Crippen LogP contribution < -0.4 is 10.1 Å². The maximum absolute atomic E-state index is 8.92. The molecule has 0 spiro atoms. The zero-order valence-electron chi connectivity index (χ0n) is 9.71. The predicted molar refractivity (Wildman–Crippen MR) is 64.2 cm³/mol. The summed E-state index contributed by atoms with van der Waals surface area (Å²) in [5, 5.41) is 12.2. The molecule has 0 aromatic heterocycles. The molecule has 3 nitrogen and oxygen atoms in total. The Kier molecular flexibility index (Phi) is 4.56. The molecule has 0 saturated carbocycles. The van der Waals surface area contributed by atoms with Gasteiger partial charge in [0.1, 0.15) is 11.8 Å². The summed E-state index contributed by atoms with van der Waals surface area (Å²) in [6.45, 7) is 7.30. The summed E-state index contributed by atoms with van der Waals surface area (Å²) in [7, 11) is 1.56. The van der Waals surface area contributed by atoms with Crippen molar-refractivity contribution < 1.29 is 4.74 Å². The van der Waals surface area contributed by atoms with E-state index in [-0.39, 0.29) is 0 Å². The van der Waals surface area contributed by atoms with Crippen LogP contribution in [0.15, 0.2) is 30.4 Å². The van der Waals surface area contributed by atoms with Gasteiger partial charge in [0, 0.05) is 13.1 Å². The lowest BCUT2D eigenvalue weighted by molar-refractivity contribution is 0.413. The zero-order valence-corrected chi connectivity index (χ0v) is 9.71. The summed E-state index contributed by atoms with van der Waals surface area (Å²) in [5.41, 5.74) is 2.73. The topological polar surface area (TPSA) is 45.0 Å². The summed E-state index contributed by atoms with van der Waals surface area (Å²) >= 11 is 0. The van der Waals surface area contributed by atoms with E-state index in [9.17, 15) is 0 Å². The fourth-order valence-electron chi connectivity index (χ4n) is 1.37. The largest absolute Gasteiger partial charge is 0.495 e. The van der Waals surface area contributed by atoms with Crippen molar-refractivity contribution in [1.29, 1.82) is 5.26 Å². The van der Waals surface area contributed by atoms with Gasteiger partial charge in [-0.15, -0.1) is 0 Å². The Morgan fingerprint density at radius 3 is 2.88 bits per heavy atom. The van der Waals surface area contributed by atoms with E-state index in [2.05, 4.69) is 18.0 Å². The molecular formula is C13H16N2O. The fraction of sp³-hybridized carbons (Fsp3) is 0.308. The van der Waals surface area contributed by atoms with Crippen molar-refractivity contribution in [3.8, 4) is 11.8 Å². The molecule has 0 atom stereocenters. The Labute approximate surface area is 96.4 Å². The third-order valence-corrected chi connectivity index (χ3v) is 2.14. The normalized spacial score (nSPS) is 9.56. The van der Waals surface area contributed by atoms with Crippen LogP contribution in [0.4, 0.5) is 0 Å². The van der Waals surface area contributed by atoms with Crippen molar-refractivity contribution in [3.63, 3.8) is 0 Å². The van der Waals surface area contributed by atoms with E-state index in [1.54, 1.807) is 7.11 Å². The summed E-state index contributed by atoms with van der Waals surface area (Å²) < 4.78 is 5.08. The first-order valence-corrected chi connectivity index (χ1v) is 5.09. The maximum atomic E-state index is 8.92. The van der Waals surface area contributed by atoms with Crippen molar-refractivity contribution in [2.45, 2.75) is 13.5 Å². The highest BCUT2D eigenvalue weighted by Crippen LogP contribution is 2.18. The number of nitrogens with zero attached hydrogens (tertiary/aromatic N) is 1. The molecule has 1 rings (SSSR count). The highest BCUT2D eigenvalue weighted by Gasteiger charge is 2.02. The third kappa shape index (κ3) is 3.41. The molecule has 0 fully saturated rings. The number of nitriles is 1. The molecular weight excluding hydrogens is 200 g/mol. The second kappa shape index (κ2) is 5.94. The average molecular weight is 216 g/mol. The SMILES string of the molecule is C=C(C)CNCc1ccc(OC)c(C#N)c1. The predicted octanol–water partition coefficient (Wildman–Crippen LogP) is 2.23. The van der Waals surface area contributed by atoms with Crippen molar-refractivity contribution in [3.05, 3.63) is 41.5 Å². The highest BCUT2D eigenvalue weighted by molar-refractivity contribution is 5.45. The number of benzene rings is 1. The van der Waals surface area contributed by atoms with Crippen LogP contribution in [0.2, 0.25) is 0 Å². The molecule has 3 heteroatoms. The zero-order chi connectivity index (χ0) is 12.0.